The van der Waals surface area contributed by atoms with Crippen molar-refractivity contribution < 1.29 is 14.7 Å². The van der Waals surface area contributed by atoms with Crippen LogP contribution < -0.4 is 10.6 Å². The van der Waals surface area contributed by atoms with E-state index in [0.717, 1.165) is 11.1 Å². The Bertz CT molecular complexity index is 619. The van der Waals surface area contributed by atoms with E-state index in [1.807, 2.05) is 45.0 Å². The van der Waals surface area contributed by atoms with Crippen LogP contribution in [0.4, 0.5) is 0 Å². The summed E-state index contributed by atoms with van der Waals surface area (Å²) in [4.78, 5) is 24.8. The Morgan fingerprint density at radius 1 is 1.17 bits per heavy atom. The highest BCUT2D eigenvalue weighted by Crippen LogP contribution is 2.31. The summed E-state index contributed by atoms with van der Waals surface area (Å²) in [5.41, 5.74) is 1.49. The standard InChI is InChI=1S/C19H28N2O3/c1-11(2)17(23)21-16(19(3,4)5)18(24)20-14-10-12-8-6-7-9-13(12)15(14)22/h6-9,11,14-16,22H,10H2,1-5H3,(H,20,24)(H,21,23)/t14?,15-,16?/m1/s1. The van der Waals surface area contributed by atoms with Crippen LogP contribution in [0.5, 0.6) is 0 Å². The average Bonchev–Trinajstić information content (AvgIpc) is 2.80. The van der Waals surface area contributed by atoms with Gasteiger partial charge in [-0.1, -0.05) is 58.9 Å². The molecule has 0 heterocycles. The SMILES string of the molecule is CC(C)C(=O)NC(C(=O)NC1Cc2ccccc2[C@H]1O)C(C)(C)C. The van der Waals surface area contributed by atoms with Crippen LogP contribution in [0, 0.1) is 11.3 Å². The summed E-state index contributed by atoms with van der Waals surface area (Å²) in [7, 11) is 0. The molecule has 24 heavy (non-hydrogen) atoms. The third-order valence-electron chi connectivity index (χ3n) is 4.46. The van der Waals surface area contributed by atoms with Crippen LogP contribution in [-0.4, -0.2) is 29.0 Å². The van der Waals surface area contributed by atoms with E-state index in [1.54, 1.807) is 13.8 Å². The molecular weight excluding hydrogens is 304 g/mol. The minimum Gasteiger partial charge on any atom is -0.386 e. The number of carbonyl (C=O) groups excluding carboxylic acids is 2. The number of benzene rings is 1. The lowest BCUT2D eigenvalue weighted by molar-refractivity contribution is -0.133. The number of rotatable bonds is 4. The predicted octanol–water partition coefficient (Wildman–Crippen LogP) is 1.95. The van der Waals surface area contributed by atoms with Crippen molar-refractivity contribution in [3.63, 3.8) is 0 Å². The maximum absolute atomic E-state index is 12.8. The van der Waals surface area contributed by atoms with E-state index in [2.05, 4.69) is 10.6 Å². The molecule has 2 unspecified atom stereocenters. The minimum absolute atomic E-state index is 0.152. The van der Waals surface area contributed by atoms with Gasteiger partial charge >= 0.3 is 0 Å². The molecular formula is C19H28N2O3. The van der Waals surface area contributed by atoms with Gasteiger partial charge in [-0.3, -0.25) is 9.59 Å². The highest BCUT2D eigenvalue weighted by Gasteiger charge is 2.37. The molecule has 5 heteroatoms. The molecule has 1 aromatic rings. The summed E-state index contributed by atoms with van der Waals surface area (Å²) in [5.74, 6) is -0.599. The van der Waals surface area contributed by atoms with Crippen molar-refractivity contribution in [2.45, 2.75) is 59.2 Å². The lowest BCUT2D eigenvalue weighted by Crippen LogP contribution is -2.56. The van der Waals surface area contributed by atoms with Crippen LogP contribution >= 0.6 is 0 Å². The van der Waals surface area contributed by atoms with Gasteiger partial charge in [-0.25, -0.2) is 0 Å². The van der Waals surface area contributed by atoms with E-state index in [4.69, 9.17) is 0 Å². The number of amides is 2. The van der Waals surface area contributed by atoms with Gasteiger partial charge in [0.1, 0.15) is 6.04 Å². The second-order valence-electron chi connectivity index (χ2n) is 7.93. The predicted molar refractivity (Wildman–Crippen MR) is 93.3 cm³/mol. The van der Waals surface area contributed by atoms with Crippen molar-refractivity contribution in [1.29, 1.82) is 0 Å². The molecule has 0 saturated carbocycles. The second-order valence-corrected chi connectivity index (χ2v) is 7.93. The van der Waals surface area contributed by atoms with E-state index in [9.17, 15) is 14.7 Å². The van der Waals surface area contributed by atoms with Gasteiger partial charge in [0.2, 0.25) is 11.8 Å². The minimum atomic E-state index is -0.716. The van der Waals surface area contributed by atoms with Gasteiger partial charge in [0.15, 0.2) is 0 Å². The Balaban J connectivity index is 2.10. The zero-order valence-corrected chi connectivity index (χ0v) is 15.1. The first-order valence-corrected chi connectivity index (χ1v) is 8.48. The van der Waals surface area contributed by atoms with E-state index in [-0.39, 0.29) is 23.8 Å². The Hall–Kier alpha value is -1.88. The monoisotopic (exact) mass is 332 g/mol. The Morgan fingerprint density at radius 2 is 1.79 bits per heavy atom. The van der Waals surface area contributed by atoms with Crippen LogP contribution in [0.25, 0.3) is 0 Å². The van der Waals surface area contributed by atoms with Gasteiger partial charge in [-0.05, 0) is 23.0 Å². The van der Waals surface area contributed by atoms with E-state index < -0.39 is 17.6 Å². The summed E-state index contributed by atoms with van der Waals surface area (Å²) < 4.78 is 0. The number of carbonyl (C=O) groups is 2. The lowest BCUT2D eigenvalue weighted by Gasteiger charge is -2.32. The van der Waals surface area contributed by atoms with Crippen LogP contribution in [0.15, 0.2) is 24.3 Å². The van der Waals surface area contributed by atoms with Crippen LogP contribution in [0.2, 0.25) is 0 Å². The van der Waals surface area contributed by atoms with Crippen molar-refractivity contribution in [1.82, 2.24) is 10.6 Å². The number of hydrogen-bond acceptors (Lipinski definition) is 3. The molecule has 2 amide bonds. The van der Waals surface area contributed by atoms with E-state index in [1.165, 1.54) is 0 Å². The molecule has 2 rings (SSSR count). The molecule has 1 aromatic carbocycles. The van der Waals surface area contributed by atoms with Gasteiger partial charge in [-0.15, -0.1) is 0 Å². The highest BCUT2D eigenvalue weighted by atomic mass is 16.3. The maximum atomic E-state index is 12.8. The fraction of sp³-hybridized carbons (Fsp3) is 0.579. The highest BCUT2D eigenvalue weighted by molar-refractivity contribution is 5.89. The fourth-order valence-corrected chi connectivity index (χ4v) is 2.95. The van der Waals surface area contributed by atoms with Gasteiger partial charge in [0, 0.05) is 5.92 Å². The zero-order valence-electron chi connectivity index (χ0n) is 15.1. The fourth-order valence-electron chi connectivity index (χ4n) is 2.95. The number of aliphatic hydroxyl groups excluding tert-OH is 1. The summed E-state index contributed by atoms with van der Waals surface area (Å²) in [5, 5.41) is 16.2. The number of aliphatic hydroxyl groups is 1. The van der Waals surface area contributed by atoms with Crippen LogP contribution in [0.1, 0.15) is 51.8 Å². The molecule has 3 N–H and O–H groups in total. The van der Waals surface area contributed by atoms with E-state index in [0.29, 0.717) is 6.42 Å². The quantitative estimate of drug-likeness (QED) is 0.788. The molecule has 1 aliphatic rings. The van der Waals surface area contributed by atoms with Gasteiger partial charge < -0.3 is 15.7 Å². The number of fused-ring (bicyclic) bond motifs is 1. The molecule has 0 aliphatic heterocycles. The molecule has 0 saturated heterocycles. The van der Waals surface area contributed by atoms with Crippen molar-refractivity contribution in [2.75, 3.05) is 0 Å². The first-order valence-electron chi connectivity index (χ1n) is 8.48. The molecule has 0 aromatic heterocycles. The maximum Gasteiger partial charge on any atom is 0.243 e. The van der Waals surface area contributed by atoms with Gasteiger partial charge in [0.25, 0.3) is 0 Å². The third-order valence-corrected chi connectivity index (χ3v) is 4.46. The lowest BCUT2D eigenvalue weighted by atomic mass is 9.85. The smallest absolute Gasteiger partial charge is 0.243 e. The van der Waals surface area contributed by atoms with E-state index >= 15 is 0 Å². The van der Waals surface area contributed by atoms with Crippen molar-refractivity contribution in [3.05, 3.63) is 35.4 Å². The molecule has 1 aliphatic carbocycles. The summed E-state index contributed by atoms with van der Waals surface area (Å²) in [6.45, 7) is 9.34. The summed E-state index contributed by atoms with van der Waals surface area (Å²) >= 11 is 0. The Kier molecular flexibility index (Phi) is 5.33. The molecule has 0 radical (unpaired) electrons. The third kappa shape index (κ3) is 3.96. The first kappa shape index (κ1) is 18.5. The first-order chi connectivity index (χ1) is 11.1. The Morgan fingerprint density at radius 3 is 2.33 bits per heavy atom. The van der Waals surface area contributed by atoms with Crippen LogP contribution in [-0.2, 0) is 16.0 Å². The average molecular weight is 332 g/mol. The zero-order chi connectivity index (χ0) is 18.1. The van der Waals surface area contributed by atoms with Crippen molar-refractivity contribution in [2.24, 2.45) is 11.3 Å². The Labute approximate surface area is 143 Å². The molecule has 0 spiro atoms. The van der Waals surface area contributed by atoms with Gasteiger partial charge in [-0.2, -0.15) is 0 Å². The molecule has 3 atom stereocenters. The molecule has 0 bridgehead atoms. The molecule has 132 valence electrons. The number of hydrogen-bond donors (Lipinski definition) is 3. The largest absolute Gasteiger partial charge is 0.386 e. The normalized spacial score (nSPS) is 21.3. The van der Waals surface area contributed by atoms with Crippen LogP contribution in [0.3, 0.4) is 0 Å². The second kappa shape index (κ2) is 6.93. The van der Waals surface area contributed by atoms with Crippen molar-refractivity contribution >= 4 is 11.8 Å². The molecule has 5 nitrogen and oxygen atoms in total. The van der Waals surface area contributed by atoms with Gasteiger partial charge in [0.05, 0.1) is 12.1 Å². The summed E-state index contributed by atoms with van der Waals surface area (Å²) in [6.07, 6.45) is -0.121. The summed E-state index contributed by atoms with van der Waals surface area (Å²) in [6, 6.07) is 6.64. The molecule has 0 fully saturated rings. The number of nitrogens with one attached hydrogen (secondary N) is 2. The topological polar surface area (TPSA) is 78.4 Å². The van der Waals surface area contributed by atoms with Crippen molar-refractivity contribution in [3.8, 4) is 0 Å².